The monoisotopic (exact) mass is 333 g/mol. The SMILES string of the molecule is Cc1nc(-c2ccccc2)ncc1C(=O)N[C@H](CO)c1ccccc1. The Morgan fingerprint density at radius 2 is 1.72 bits per heavy atom. The summed E-state index contributed by atoms with van der Waals surface area (Å²) in [6.07, 6.45) is 1.53. The Morgan fingerprint density at radius 1 is 1.08 bits per heavy atom. The lowest BCUT2D eigenvalue weighted by molar-refractivity contribution is 0.0914. The molecule has 5 nitrogen and oxygen atoms in total. The molecule has 0 saturated carbocycles. The molecule has 3 aromatic rings. The van der Waals surface area contributed by atoms with Crippen molar-refractivity contribution in [2.75, 3.05) is 6.61 Å². The van der Waals surface area contributed by atoms with Gasteiger partial charge in [0, 0.05) is 11.8 Å². The molecular formula is C20H19N3O2. The van der Waals surface area contributed by atoms with Crippen molar-refractivity contribution in [3.63, 3.8) is 0 Å². The fourth-order valence-electron chi connectivity index (χ4n) is 2.57. The molecule has 0 unspecified atom stereocenters. The number of aliphatic hydroxyl groups is 1. The topological polar surface area (TPSA) is 75.1 Å². The Labute approximate surface area is 146 Å². The minimum atomic E-state index is -0.470. The number of benzene rings is 2. The molecule has 25 heavy (non-hydrogen) atoms. The van der Waals surface area contributed by atoms with Crippen LogP contribution in [0.3, 0.4) is 0 Å². The fourth-order valence-corrected chi connectivity index (χ4v) is 2.57. The molecule has 3 rings (SSSR count). The van der Waals surface area contributed by atoms with Crippen molar-refractivity contribution in [1.82, 2.24) is 15.3 Å². The third-order valence-corrected chi connectivity index (χ3v) is 3.95. The summed E-state index contributed by atoms with van der Waals surface area (Å²) < 4.78 is 0. The molecule has 0 aliphatic heterocycles. The van der Waals surface area contributed by atoms with Crippen LogP contribution in [0.25, 0.3) is 11.4 Å². The Kier molecular flexibility index (Phi) is 5.16. The van der Waals surface area contributed by atoms with Crippen molar-refractivity contribution < 1.29 is 9.90 Å². The number of carbonyl (C=O) groups is 1. The molecule has 1 aromatic heterocycles. The van der Waals surface area contributed by atoms with Crippen LogP contribution in [0.2, 0.25) is 0 Å². The van der Waals surface area contributed by atoms with Gasteiger partial charge < -0.3 is 10.4 Å². The summed E-state index contributed by atoms with van der Waals surface area (Å²) in [5.41, 5.74) is 2.73. The molecule has 1 heterocycles. The standard InChI is InChI=1S/C20H19N3O2/c1-14-17(12-21-19(22-14)16-10-6-3-7-11-16)20(25)23-18(13-24)15-8-4-2-5-9-15/h2-12,18,24H,13H2,1H3,(H,23,25)/t18-/m1/s1. The lowest BCUT2D eigenvalue weighted by Crippen LogP contribution is -2.31. The summed E-state index contributed by atoms with van der Waals surface area (Å²) in [5.74, 6) is 0.274. The van der Waals surface area contributed by atoms with E-state index in [0.29, 0.717) is 17.1 Å². The van der Waals surface area contributed by atoms with Crippen molar-refractivity contribution in [2.24, 2.45) is 0 Å². The van der Waals surface area contributed by atoms with Crippen LogP contribution < -0.4 is 5.32 Å². The Hall–Kier alpha value is -3.05. The maximum atomic E-state index is 12.6. The quantitative estimate of drug-likeness (QED) is 0.753. The predicted octanol–water partition coefficient (Wildman–Crippen LogP) is 2.92. The summed E-state index contributed by atoms with van der Waals surface area (Å²) in [4.78, 5) is 21.3. The predicted molar refractivity (Wildman–Crippen MR) is 95.9 cm³/mol. The van der Waals surface area contributed by atoms with E-state index in [2.05, 4.69) is 15.3 Å². The highest BCUT2D eigenvalue weighted by Crippen LogP contribution is 2.17. The second-order valence-electron chi connectivity index (χ2n) is 5.68. The minimum absolute atomic E-state index is 0.183. The maximum Gasteiger partial charge on any atom is 0.255 e. The van der Waals surface area contributed by atoms with Gasteiger partial charge in [-0.15, -0.1) is 0 Å². The van der Waals surface area contributed by atoms with E-state index in [1.807, 2.05) is 60.7 Å². The molecule has 1 amide bonds. The van der Waals surface area contributed by atoms with Gasteiger partial charge in [-0.05, 0) is 12.5 Å². The number of rotatable bonds is 5. The number of carbonyl (C=O) groups excluding carboxylic acids is 1. The molecule has 0 bridgehead atoms. The maximum absolute atomic E-state index is 12.6. The van der Waals surface area contributed by atoms with Crippen molar-refractivity contribution in [1.29, 1.82) is 0 Å². The molecule has 2 N–H and O–H groups in total. The summed E-state index contributed by atoms with van der Waals surface area (Å²) in [7, 11) is 0. The van der Waals surface area contributed by atoms with E-state index in [1.54, 1.807) is 6.92 Å². The van der Waals surface area contributed by atoms with E-state index in [0.717, 1.165) is 11.1 Å². The summed E-state index contributed by atoms with van der Waals surface area (Å²) >= 11 is 0. The first-order valence-electron chi connectivity index (χ1n) is 8.05. The van der Waals surface area contributed by atoms with Crippen molar-refractivity contribution in [3.05, 3.63) is 83.7 Å². The molecule has 0 saturated heterocycles. The zero-order valence-corrected chi connectivity index (χ0v) is 13.9. The van der Waals surface area contributed by atoms with Crippen LogP contribution in [0.15, 0.2) is 66.9 Å². The molecule has 0 aliphatic rings. The zero-order valence-electron chi connectivity index (χ0n) is 13.9. The summed E-state index contributed by atoms with van der Waals surface area (Å²) in [6.45, 7) is 1.59. The second kappa shape index (κ2) is 7.68. The second-order valence-corrected chi connectivity index (χ2v) is 5.68. The Bertz CT molecular complexity index is 851. The van der Waals surface area contributed by atoms with Crippen molar-refractivity contribution in [2.45, 2.75) is 13.0 Å². The van der Waals surface area contributed by atoms with E-state index in [-0.39, 0.29) is 12.5 Å². The lowest BCUT2D eigenvalue weighted by atomic mass is 10.1. The lowest BCUT2D eigenvalue weighted by Gasteiger charge is -2.17. The normalized spacial score (nSPS) is 11.8. The highest BCUT2D eigenvalue weighted by molar-refractivity contribution is 5.95. The van der Waals surface area contributed by atoms with Crippen LogP contribution in [0.1, 0.15) is 27.7 Å². The van der Waals surface area contributed by atoms with Gasteiger partial charge in [0.15, 0.2) is 5.82 Å². The van der Waals surface area contributed by atoms with Crippen LogP contribution in [0.4, 0.5) is 0 Å². The molecule has 0 spiro atoms. The average Bonchev–Trinajstić information content (AvgIpc) is 2.67. The first kappa shape index (κ1) is 16.8. The third kappa shape index (κ3) is 3.89. The van der Waals surface area contributed by atoms with Crippen LogP contribution in [-0.4, -0.2) is 27.6 Å². The number of aliphatic hydroxyl groups excluding tert-OH is 1. The van der Waals surface area contributed by atoms with E-state index >= 15 is 0 Å². The molecule has 2 aromatic carbocycles. The number of amides is 1. The van der Waals surface area contributed by atoms with Gasteiger partial charge >= 0.3 is 0 Å². The molecule has 0 radical (unpaired) electrons. The molecular weight excluding hydrogens is 314 g/mol. The van der Waals surface area contributed by atoms with Crippen molar-refractivity contribution >= 4 is 5.91 Å². The van der Waals surface area contributed by atoms with Gasteiger partial charge in [0.2, 0.25) is 0 Å². The van der Waals surface area contributed by atoms with Crippen LogP contribution in [0.5, 0.6) is 0 Å². The number of hydrogen-bond acceptors (Lipinski definition) is 4. The third-order valence-electron chi connectivity index (χ3n) is 3.95. The van der Waals surface area contributed by atoms with Gasteiger partial charge in [0.1, 0.15) is 0 Å². The summed E-state index contributed by atoms with van der Waals surface area (Å²) in [6, 6.07) is 18.5. The van der Waals surface area contributed by atoms with Crippen LogP contribution in [-0.2, 0) is 0 Å². The van der Waals surface area contributed by atoms with Gasteiger partial charge in [0.25, 0.3) is 5.91 Å². The van der Waals surface area contributed by atoms with Gasteiger partial charge in [-0.2, -0.15) is 0 Å². The highest BCUT2D eigenvalue weighted by atomic mass is 16.3. The molecule has 1 atom stereocenters. The number of nitrogens with one attached hydrogen (secondary N) is 1. The van der Waals surface area contributed by atoms with E-state index in [9.17, 15) is 9.90 Å². The molecule has 0 fully saturated rings. The van der Waals surface area contributed by atoms with Gasteiger partial charge in [-0.1, -0.05) is 60.7 Å². The molecule has 0 aliphatic carbocycles. The highest BCUT2D eigenvalue weighted by Gasteiger charge is 2.17. The number of aromatic nitrogens is 2. The minimum Gasteiger partial charge on any atom is -0.394 e. The smallest absolute Gasteiger partial charge is 0.255 e. The summed E-state index contributed by atoms with van der Waals surface area (Å²) in [5, 5.41) is 12.4. The van der Waals surface area contributed by atoms with Crippen LogP contribution in [0, 0.1) is 6.92 Å². The zero-order chi connectivity index (χ0) is 17.6. The Balaban J connectivity index is 1.80. The largest absolute Gasteiger partial charge is 0.394 e. The average molecular weight is 333 g/mol. The Morgan fingerprint density at radius 3 is 2.32 bits per heavy atom. The first-order valence-corrected chi connectivity index (χ1v) is 8.05. The van der Waals surface area contributed by atoms with Gasteiger partial charge in [0.05, 0.1) is 23.9 Å². The molecule has 5 heteroatoms. The van der Waals surface area contributed by atoms with E-state index in [4.69, 9.17) is 0 Å². The number of nitrogens with zero attached hydrogens (tertiary/aromatic N) is 2. The fraction of sp³-hybridized carbons (Fsp3) is 0.150. The van der Waals surface area contributed by atoms with Crippen LogP contribution >= 0.6 is 0 Å². The molecule has 126 valence electrons. The number of hydrogen-bond donors (Lipinski definition) is 2. The van der Waals surface area contributed by atoms with Gasteiger partial charge in [-0.3, -0.25) is 4.79 Å². The number of aryl methyl sites for hydroxylation is 1. The van der Waals surface area contributed by atoms with Crippen molar-refractivity contribution in [3.8, 4) is 11.4 Å². The first-order chi connectivity index (χ1) is 12.2. The van der Waals surface area contributed by atoms with Gasteiger partial charge in [-0.25, -0.2) is 9.97 Å². The van der Waals surface area contributed by atoms with E-state index < -0.39 is 6.04 Å². The van der Waals surface area contributed by atoms with E-state index in [1.165, 1.54) is 6.20 Å².